The molecule has 3 saturated carbocycles. The highest BCUT2D eigenvalue weighted by Gasteiger charge is 2.62. The summed E-state index contributed by atoms with van der Waals surface area (Å²) in [6.45, 7) is 10.1. The van der Waals surface area contributed by atoms with Crippen LogP contribution >= 0.6 is 0 Å². The molecule has 3 unspecified atom stereocenters. The number of allylic oxidation sites excluding steroid dienone is 1. The molecule has 4 aliphatic rings. The van der Waals surface area contributed by atoms with Crippen LogP contribution in [0.5, 0.6) is 0 Å². The van der Waals surface area contributed by atoms with Gasteiger partial charge in [-0.25, -0.2) is 0 Å². The second-order valence-electron chi connectivity index (χ2n) is 10.3. The van der Waals surface area contributed by atoms with Crippen molar-refractivity contribution in [2.24, 2.45) is 34.0 Å². The third kappa shape index (κ3) is 2.08. The van der Waals surface area contributed by atoms with Crippen molar-refractivity contribution < 1.29 is 4.79 Å². The molecule has 0 aromatic heterocycles. The van der Waals surface area contributed by atoms with E-state index in [0.29, 0.717) is 22.0 Å². The quantitative estimate of drug-likeness (QED) is 0.579. The number of rotatable bonds is 2. The van der Waals surface area contributed by atoms with Crippen molar-refractivity contribution in [1.29, 1.82) is 0 Å². The van der Waals surface area contributed by atoms with Gasteiger partial charge in [0.2, 0.25) is 0 Å². The summed E-state index contributed by atoms with van der Waals surface area (Å²) in [4.78, 5) is 11.9. The van der Waals surface area contributed by atoms with Crippen LogP contribution in [0.4, 0.5) is 0 Å². The van der Waals surface area contributed by atoms with E-state index in [9.17, 15) is 4.79 Å². The Balaban J connectivity index is 1.66. The Hall–Kier alpha value is -0.590. The lowest BCUT2D eigenvalue weighted by Crippen LogP contribution is -2.52. The zero-order valence-electron chi connectivity index (χ0n) is 16.3. The van der Waals surface area contributed by atoms with E-state index in [1.54, 1.807) is 0 Å². The minimum atomic E-state index is 0.335. The SMILES string of the molecule is CCC[C@]1(C)CCC2C3CCC4=CC(=O)CC[C@]4(C)C3CC[C@@]21C. The van der Waals surface area contributed by atoms with Crippen molar-refractivity contribution in [3.8, 4) is 0 Å². The third-order valence-electron chi connectivity index (χ3n) is 9.54. The van der Waals surface area contributed by atoms with Gasteiger partial charge in [-0.1, -0.05) is 39.7 Å². The summed E-state index contributed by atoms with van der Waals surface area (Å²) in [5, 5.41) is 0. The molecule has 24 heavy (non-hydrogen) atoms. The molecule has 4 aliphatic carbocycles. The molecule has 1 heteroatoms. The number of carbonyl (C=O) groups excluding carboxylic acids is 1. The summed E-state index contributed by atoms with van der Waals surface area (Å²) in [6, 6.07) is 0. The third-order valence-corrected chi connectivity index (χ3v) is 9.54. The van der Waals surface area contributed by atoms with E-state index in [4.69, 9.17) is 0 Å². The normalized spacial score (nSPS) is 50.8. The molecule has 0 aromatic rings. The molecule has 0 aliphatic heterocycles. The molecule has 0 bridgehead atoms. The first-order valence-corrected chi connectivity index (χ1v) is 10.6. The predicted octanol–water partition coefficient (Wildman–Crippen LogP) is 6.32. The van der Waals surface area contributed by atoms with Gasteiger partial charge in [0.15, 0.2) is 5.78 Å². The molecule has 0 radical (unpaired) electrons. The zero-order chi connectivity index (χ0) is 17.2. The minimum absolute atomic E-state index is 0.335. The molecule has 1 nitrogen and oxygen atoms in total. The maximum atomic E-state index is 11.9. The fourth-order valence-corrected chi connectivity index (χ4v) is 7.88. The Morgan fingerprint density at radius 3 is 2.50 bits per heavy atom. The standard InChI is InChI=1S/C23H36O/c1-5-11-21(2)12-9-20-18-7-6-16-15-17(24)8-13-22(16,3)19(18)10-14-23(20,21)4/h15,18-20H,5-14H2,1-4H3/t18?,19?,20?,21-,22+,23+/m1/s1. The number of hydrogen-bond donors (Lipinski definition) is 0. The van der Waals surface area contributed by atoms with Gasteiger partial charge < -0.3 is 0 Å². The minimum Gasteiger partial charge on any atom is -0.295 e. The molecule has 0 N–H and O–H groups in total. The molecule has 0 amide bonds. The topological polar surface area (TPSA) is 17.1 Å². The molecule has 0 spiro atoms. The molecule has 4 rings (SSSR count). The number of ketones is 1. The fourth-order valence-electron chi connectivity index (χ4n) is 7.88. The van der Waals surface area contributed by atoms with Crippen LogP contribution in [0.25, 0.3) is 0 Å². The Morgan fingerprint density at radius 2 is 1.75 bits per heavy atom. The van der Waals surface area contributed by atoms with Gasteiger partial charge in [0, 0.05) is 6.42 Å². The van der Waals surface area contributed by atoms with Crippen LogP contribution in [-0.4, -0.2) is 5.78 Å². The van der Waals surface area contributed by atoms with E-state index < -0.39 is 0 Å². The van der Waals surface area contributed by atoms with Crippen molar-refractivity contribution in [2.45, 2.75) is 91.9 Å². The first-order valence-electron chi connectivity index (χ1n) is 10.6. The molecular formula is C23H36O. The van der Waals surface area contributed by atoms with E-state index in [1.807, 2.05) is 6.08 Å². The Kier molecular flexibility index (Phi) is 3.83. The summed E-state index contributed by atoms with van der Waals surface area (Å²) in [7, 11) is 0. The van der Waals surface area contributed by atoms with Crippen LogP contribution in [0.2, 0.25) is 0 Å². The average molecular weight is 329 g/mol. The van der Waals surface area contributed by atoms with Crippen molar-refractivity contribution in [3.63, 3.8) is 0 Å². The summed E-state index contributed by atoms with van der Waals surface area (Å²) < 4.78 is 0. The molecule has 3 fully saturated rings. The van der Waals surface area contributed by atoms with Crippen molar-refractivity contribution >= 4 is 5.78 Å². The second kappa shape index (κ2) is 5.45. The Labute approximate surface area is 148 Å². The summed E-state index contributed by atoms with van der Waals surface area (Å²) >= 11 is 0. The van der Waals surface area contributed by atoms with Crippen LogP contribution in [0, 0.1) is 34.0 Å². The largest absolute Gasteiger partial charge is 0.295 e. The maximum absolute atomic E-state index is 11.9. The van der Waals surface area contributed by atoms with Crippen molar-refractivity contribution in [3.05, 3.63) is 11.6 Å². The highest BCUT2D eigenvalue weighted by molar-refractivity contribution is 5.91. The Bertz CT molecular complexity index is 575. The van der Waals surface area contributed by atoms with Gasteiger partial charge >= 0.3 is 0 Å². The second-order valence-corrected chi connectivity index (χ2v) is 10.3. The average Bonchev–Trinajstić information content (AvgIpc) is 2.80. The Morgan fingerprint density at radius 1 is 1.00 bits per heavy atom. The van der Waals surface area contributed by atoms with E-state index in [2.05, 4.69) is 27.7 Å². The van der Waals surface area contributed by atoms with Gasteiger partial charge in [0.1, 0.15) is 0 Å². The van der Waals surface area contributed by atoms with Crippen LogP contribution in [0.15, 0.2) is 11.6 Å². The molecular weight excluding hydrogens is 292 g/mol. The molecule has 0 heterocycles. The highest BCUT2D eigenvalue weighted by atomic mass is 16.1. The van der Waals surface area contributed by atoms with Gasteiger partial charge in [-0.3, -0.25) is 4.79 Å². The molecule has 6 atom stereocenters. The zero-order valence-corrected chi connectivity index (χ0v) is 16.3. The van der Waals surface area contributed by atoms with Crippen LogP contribution in [0.3, 0.4) is 0 Å². The van der Waals surface area contributed by atoms with E-state index in [1.165, 1.54) is 56.9 Å². The van der Waals surface area contributed by atoms with E-state index in [0.717, 1.165) is 30.6 Å². The molecule has 0 aromatic carbocycles. The van der Waals surface area contributed by atoms with Crippen LogP contribution in [0.1, 0.15) is 91.9 Å². The lowest BCUT2D eigenvalue weighted by Gasteiger charge is -2.59. The number of hydrogen-bond acceptors (Lipinski definition) is 1. The first kappa shape index (κ1) is 16.9. The fraction of sp³-hybridized carbons (Fsp3) is 0.870. The number of fused-ring (bicyclic) bond motifs is 5. The van der Waals surface area contributed by atoms with Gasteiger partial charge in [-0.05, 0) is 91.4 Å². The van der Waals surface area contributed by atoms with Crippen molar-refractivity contribution in [2.75, 3.05) is 0 Å². The molecule has 0 saturated heterocycles. The lowest BCUT2D eigenvalue weighted by atomic mass is 9.45. The summed E-state index contributed by atoms with van der Waals surface area (Å²) in [5.74, 6) is 3.08. The lowest BCUT2D eigenvalue weighted by molar-refractivity contribution is -0.118. The smallest absolute Gasteiger partial charge is 0.155 e. The summed E-state index contributed by atoms with van der Waals surface area (Å²) in [5.41, 5.74) is 2.98. The highest BCUT2D eigenvalue weighted by Crippen LogP contribution is 2.70. The number of carbonyl (C=O) groups is 1. The van der Waals surface area contributed by atoms with Gasteiger partial charge in [0.25, 0.3) is 0 Å². The molecule has 134 valence electrons. The van der Waals surface area contributed by atoms with Gasteiger partial charge in [0.05, 0.1) is 0 Å². The monoisotopic (exact) mass is 328 g/mol. The van der Waals surface area contributed by atoms with E-state index >= 15 is 0 Å². The van der Waals surface area contributed by atoms with Crippen molar-refractivity contribution in [1.82, 2.24) is 0 Å². The van der Waals surface area contributed by atoms with Crippen LogP contribution in [-0.2, 0) is 4.79 Å². The van der Waals surface area contributed by atoms with Gasteiger partial charge in [-0.15, -0.1) is 0 Å². The first-order chi connectivity index (χ1) is 11.3. The van der Waals surface area contributed by atoms with E-state index in [-0.39, 0.29) is 0 Å². The predicted molar refractivity (Wildman–Crippen MR) is 99.7 cm³/mol. The summed E-state index contributed by atoms with van der Waals surface area (Å²) in [6.07, 6.45) is 15.0. The van der Waals surface area contributed by atoms with Crippen LogP contribution < -0.4 is 0 Å². The van der Waals surface area contributed by atoms with Gasteiger partial charge in [-0.2, -0.15) is 0 Å². The maximum Gasteiger partial charge on any atom is 0.155 e.